The average molecular weight is 452 g/mol. The first-order chi connectivity index (χ1) is 16.3. The van der Waals surface area contributed by atoms with Crippen LogP contribution >= 0.6 is 0 Å². The summed E-state index contributed by atoms with van der Waals surface area (Å²) in [7, 11) is 1.67. The number of benzene rings is 3. The van der Waals surface area contributed by atoms with Crippen molar-refractivity contribution in [3.05, 3.63) is 94.8 Å². The van der Waals surface area contributed by atoms with Crippen LogP contribution < -0.4 is 0 Å². The van der Waals surface area contributed by atoms with Crippen molar-refractivity contribution in [2.75, 3.05) is 7.05 Å². The molecule has 34 heavy (non-hydrogen) atoms. The van der Waals surface area contributed by atoms with E-state index < -0.39 is 17.2 Å². The van der Waals surface area contributed by atoms with Gasteiger partial charge in [0.05, 0.1) is 11.5 Å². The molecule has 1 aliphatic heterocycles. The molecule has 1 saturated carbocycles. The lowest BCUT2D eigenvalue weighted by atomic mass is 9.64. The first kappa shape index (κ1) is 22.0. The van der Waals surface area contributed by atoms with Gasteiger partial charge in [0, 0.05) is 18.9 Å². The van der Waals surface area contributed by atoms with Crippen LogP contribution in [0.5, 0.6) is 0 Å². The van der Waals surface area contributed by atoms with Crippen LogP contribution in [0.15, 0.2) is 66.7 Å². The highest BCUT2D eigenvalue weighted by Crippen LogP contribution is 2.47. The molecule has 1 unspecified atom stereocenters. The number of likely N-dealkylation sites (tertiary alicyclic amines) is 1. The van der Waals surface area contributed by atoms with Crippen molar-refractivity contribution in [1.29, 1.82) is 10.7 Å². The lowest BCUT2D eigenvalue weighted by molar-refractivity contribution is -0.131. The molecule has 1 aliphatic carbocycles. The number of nitriles is 1. The van der Waals surface area contributed by atoms with Crippen molar-refractivity contribution in [1.82, 2.24) is 4.90 Å². The smallest absolute Gasteiger partial charge is 0.236 e. The molecule has 1 amide bonds. The van der Waals surface area contributed by atoms with Gasteiger partial charge in [0.1, 0.15) is 17.7 Å². The number of hydrogen-bond donors (Lipinski definition) is 1. The third kappa shape index (κ3) is 3.70. The zero-order valence-electron chi connectivity index (χ0n) is 19.3. The van der Waals surface area contributed by atoms with E-state index in [-0.39, 0.29) is 17.3 Å². The second-order valence-electron chi connectivity index (χ2n) is 9.70. The molecule has 0 bridgehead atoms. The van der Waals surface area contributed by atoms with E-state index in [0.29, 0.717) is 12.3 Å². The number of amidine groups is 1. The number of carbonyl (C=O) groups excluding carboxylic acids is 1. The van der Waals surface area contributed by atoms with Crippen molar-refractivity contribution in [2.45, 2.75) is 43.4 Å². The Bertz CT molecular complexity index is 1340. The third-order valence-corrected chi connectivity index (χ3v) is 7.41. The van der Waals surface area contributed by atoms with E-state index in [0.717, 1.165) is 22.3 Å². The number of nitrogens with one attached hydrogen (secondary N) is 1. The van der Waals surface area contributed by atoms with Crippen LogP contribution in [0.25, 0.3) is 11.1 Å². The molecule has 4 nitrogen and oxygen atoms in total. The summed E-state index contributed by atoms with van der Waals surface area (Å²) in [4.78, 5) is 15.0. The van der Waals surface area contributed by atoms with Gasteiger partial charge in [-0.2, -0.15) is 5.26 Å². The molecule has 2 atom stereocenters. The zero-order chi connectivity index (χ0) is 24.0. The fourth-order valence-corrected chi connectivity index (χ4v) is 5.17. The van der Waals surface area contributed by atoms with Gasteiger partial charge in [-0.1, -0.05) is 61.5 Å². The number of halogens is 1. The van der Waals surface area contributed by atoms with Gasteiger partial charge >= 0.3 is 0 Å². The predicted octanol–water partition coefficient (Wildman–Crippen LogP) is 6.12. The standard InChI is InChI=1S/C29H26FN3O/c1-29(24-5-3-4-21(15-24)22-12-13-25(30)23(14-22)17-31)16-26(32)33(2)28(34)27(29)20-10-8-19(9-11-20)18-6-7-18/h3-5,8-15,18,27,32H,6-7,16H2,1-2H3/t27?,29-/m1/s1. The number of carbonyl (C=O) groups is 1. The Labute approximate surface area is 199 Å². The van der Waals surface area contributed by atoms with E-state index in [1.54, 1.807) is 19.2 Å². The molecule has 3 aromatic rings. The van der Waals surface area contributed by atoms with Gasteiger partial charge in [0.15, 0.2) is 0 Å². The number of nitrogens with zero attached hydrogens (tertiary/aromatic N) is 2. The summed E-state index contributed by atoms with van der Waals surface area (Å²) in [5.74, 6) is -0.130. The van der Waals surface area contributed by atoms with Crippen LogP contribution in [0.2, 0.25) is 0 Å². The number of rotatable bonds is 4. The minimum Gasteiger partial charge on any atom is -0.303 e. The fraction of sp³-hybridized carbons (Fsp3) is 0.276. The van der Waals surface area contributed by atoms with Gasteiger partial charge in [0.25, 0.3) is 0 Å². The molecule has 1 N–H and O–H groups in total. The second-order valence-corrected chi connectivity index (χ2v) is 9.70. The minimum absolute atomic E-state index is 0.000935. The molecule has 0 radical (unpaired) electrons. The van der Waals surface area contributed by atoms with Gasteiger partial charge < -0.3 is 4.90 Å². The molecule has 5 heteroatoms. The Kier molecular flexibility index (Phi) is 5.32. The molecular weight excluding hydrogens is 425 g/mol. The first-order valence-electron chi connectivity index (χ1n) is 11.6. The largest absolute Gasteiger partial charge is 0.303 e. The van der Waals surface area contributed by atoms with Crippen LogP contribution in [-0.4, -0.2) is 23.7 Å². The summed E-state index contributed by atoms with van der Waals surface area (Å²) >= 11 is 0. The fourth-order valence-electron chi connectivity index (χ4n) is 5.17. The van der Waals surface area contributed by atoms with Gasteiger partial charge in [-0.05, 0) is 58.7 Å². The van der Waals surface area contributed by atoms with Crippen molar-refractivity contribution in [3.63, 3.8) is 0 Å². The highest BCUT2D eigenvalue weighted by molar-refractivity contribution is 6.04. The summed E-state index contributed by atoms with van der Waals surface area (Å²) in [5.41, 5.74) is 4.17. The van der Waals surface area contributed by atoms with Gasteiger partial charge in [0.2, 0.25) is 5.91 Å². The molecular formula is C29H26FN3O. The lowest BCUT2D eigenvalue weighted by Crippen LogP contribution is -2.52. The van der Waals surface area contributed by atoms with Gasteiger partial charge in [-0.15, -0.1) is 0 Å². The predicted molar refractivity (Wildman–Crippen MR) is 130 cm³/mol. The van der Waals surface area contributed by atoms with Crippen molar-refractivity contribution in [2.24, 2.45) is 0 Å². The van der Waals surface area contributed by atoms with E-state index in [9.17, 15) is 14.4 Å². The SMILES string of the molecule is CN1C(=N)C[C@](C)(c2cccc(-c3ccc(F)c(C#N)c3)c2)C(c2ccc(C3CC3)cc2)C1=O. The van der Waals surface area contributed by atoms with Crippen LogP contribution in [-0.2, 0) is 10.2 Å². The molecule has 3 aromatic carbocycles. The van der Waals surface area contributed by atoms with Gasteiger partial charge in [-0.25, -0.2) is 4.39 Å². The molecule has 1 heterocycles. The van der Waals surface area contributed by atoms with Crippen LogP contribution in [0.3, 0.4) is 0 Å². The van der Waals surface area contributed by atoms with Crippen molar-refractivity contribution < 1.29 is 9.18 Å². The molecule has 0 spiro atoms. The second kappa shape index (κ2) is 8.22. The normalized spacial score (nSPS) is 22.5. The zero-order valence-corrected chi connectivity index (χ0v) is 19.3. The quantitative estimate of drug-likeness (QED) is 0.519. The average Bonchev–Trinajstić information content (AvgIpc) is 3.69. The van der Waals surface area contributed by atoms with E-state index in [4.69, 9.17) is 5.41 Å². The highest BCUT2D eigenvalue weighted by Gasteiger charge is 2.48. The Morgan fingerprint density at radius 1 is 1.03 bits per heavy atom. The van der Waals surface area contributed by atoms with Crippen molar-refractivity contribution in [3.8, 4) is 17.2 Å². The van der Waals surface area contributed by atoms with Crippen LogP contribution in [0, 0.1) is 22.6 Å². The Morgan fingerprint density at radius 2 is 1.71 bits per heavy atom. The van der Waals surface area contributed by atoms with Crippen LogP contribution in [0.4, 0.5) is 4.39 Å². The van der Waals surface area contributed by atoms with E-state index in [1.807, 2.05) is 30.3 Å². The Hall–Kier alpha value is -3.78. The summed E-state index contributed by atoms with van der Waals surface area (Å²) in [5, 5.41) is 17.7. The lowest BCUT2D eigenvalue weighted by Gasteiger charge is -2.45. The van der Waals surface area contributed by atoms with E-state index in [1.165, 1.54) is 29.4 Å². The molecule has 0 aromatic heterocycles. The Balaban J connectivity index is 1.59. The molecule has 170 valence electrons. The molecule has 5 rings (SSSR count). The van der Waals surface area contributed by atoms with Crippen LogP contribution in [0.1, 0.15) is 60.3 Å². The maximum absolute atomic E-state index is 13.9. The van der Waals surface area contributed by atoms with E-state index >= 15 is 0 Å². The van der Waals surface area contributed by atoms with E-state index in [2.05, 4.69) is 31.2 Å². The molecule has 2 aliphatic rings. The summed E-state index contributed by atoms with van der Waals surface area (Å²) in [6.45, 7) is 2.05. The maximum Gasteiger partial charge on any atom is 0.236 e. The Morgan fingerprint density at radius 3 is 2.38 bits per heavy atom. The third-order valence-electron chi connectivity index (χ3n) is 7.41. The van der Waals surface area contributed by atoms with Gasteiger partial charge in [-0.3, -0.25) is 10.2 Å². The molecule has 1 saturated heterocycles. The number of piperidine rings is 1. The summed E-state index contributed by atoms with van der Waals surface area (Å²) < 4.78 is 13.9. The number of hydrogen-bond acceptors (Lipinski definition) is 3. The maximum atomic E-state index is 13.9. The summed E-state index contributed by atoms with van der Waals surface area (Å²) in [6.07, 6.45) is 2.87. The number of likely N-dealkylation sites (N-methyl/N-ethyl adjacent to an activating group) is 1. The first-order valence-corrected chi connectivity index (χ1v) is 11.6. The minimum atomic E-state index is -0.629. The topological polar surface area (TPSA) is 68.0 Å². The molecule has 2 fully saturated rings. The van der Waals surface area contributed by atoms with Crippen molar-refractivity contribution >= 4 is 11.7 Å². The summed E-state index contributed by atoms with van der Waals surface area (Å²) in [6, 6.07) is 22.7. The highest BCUT2D eigenvalue weighted by atomic mass is 19.1. The monoisotopic (exact) mass is 451 g/mol. The number of amides is 1.